The Labute approximate surface area is 232 Å². The second kappa shape index (κ2) is 13.0. The standard InChI is InChI=1S/C30H45N5O4/c1-21-6-8-27(28(31-21)17-34-10-4-5-24(34)18-36)23-13-26(39-19-23)15-33(3)16-29-30(9-7-22(2)32-29)35-11-12-38-20-25(37)14-35/h6-9,23-26,36-37H,4-5,10-20H2,1-3H3/t23-,24-,25?,26?/m1/s1. The van der Waals surface area contributed by atoms with Crippen LogP contribution in [0, 0.1) is 13.8 Å². The van der Waals surface area contributed by atoms with Gasteiger partial charge in [0.2, 0.25) is 0 Å². The van der Waals surface area contributed by atoms with Gasteiger partial charge in [0.25, 0.3) is 0 Å². The van der Waals surface area contributed by atoms with Gasteiger partial charge in [0.05, 0.1) is 55.7 Å². The SMILES string of the molecule is Cc1ccc([C@H]2COC(CN(C)Cc3nc(C)ccc3N3CCOCC(O)C3)C2)c(CN2CCC[C@@H]2CO)n1. The average molecular weight is 540 g/mol. The summed E-state index contributed by atoms with van der Waals surface area (Å²) in [4.78, 5) is 16.7. The van der Waals surface area contributed by atoms with Crippen LogP contribution in [0.15, 0.2) is 24.3 Å². The molecule has 39 heavy (non-hydrogen) atoms. The molecule has 9 nitrogen and oxygen atoms in total. The summed E-state index contributed by atoms with van der Waals surface area (Å²) in [6.07, 6.45) is 2.81. The molecule has 5 rings (SSSR count). The first-order valence-electron chi connectivity index (χ1n) is 14.5. The van der Waals surface area contributed by atoms with Gasteiger partial charge in [0.1, 0.15) is 0 Å². The van der Waals surface area contributed by atoms with Crippen LogP contribution in [0.2, 0.25) is 0 Å². The molecule has 0 amide bonds. The third kappa shape index (κ3) is 7.14. The summed E-state index contributed by atoms with van der Waals surface area (Å²) in [5.74, 6) is 0.327. The number of nitrogens with zero attached hydrogens (tertiary/aromatic N) is 5. The van der Waals surface area contributed by atoms with Gasteiger partial charge in [-0.25, -0.2) is 0 Å². The monoisotopic (exact) mass is 539 g/mol. The van der Waals surface area contributed by atoms with Crippen LogP contribution in [-0.2, 0) is 22.6 Å². The molecule has 0 spiro atoms. The van der Waals surface area contributed by atoms with E-state index in [1.807, 2.05) is 13.0 Å². The lowest BCUT2D eigenvalue weighted by atomic mass is 9.94. The Morgan fingerprint density at radius 2 is 1.85 bits per heavy atom. The molecule has 2 aromatic rings. The van der Waals surface area contributed by atoms with E-state index in [0.29, 0.717) is 38.8 Å². The second-order valence-corrected chi connectivity index (χ2v) is 11.6. The molecule has 0 radical (unpaired) electrons. The summed E-state index contributed by atoms with van der Waals surface area (Å²) in [5.41, 5.74) is 6.55. The molecule has 0 saturated carbocycles. The molecule has 0 bridgehead atoms. The minimum Gasteiger partial charge on any atom is -0.395 e. The van der Waals surface area contributed by atoms with Gasteiger partial charge in [-0.3, -0.25) is 19.8 Å². The van der Waals surface area contributed by atoms with Crippen molar-refractivity contribution in [3.63, 3.8) is 0 Å². The van der Waals surface area contributed by atoms with Crippen LogP contribution >= 0.6 is 0 Å². The zero-order valence-corrected chi connectivity index (χ0v) is 23.8. The molecule has 2 unspecified atom stereocenters. The fraction of sp³-hybridized carbons (Fsp3) is 0.667. The lowest BCUT2D eigenvalue weighted by Gasteiger charge is -2.28. The van der Waals surface area contributed by atoms with Gasteiger partial charge in [-0.1, -0.05) is 6.07 Å². The first kappa shape index (κ1) is 28.4. The molecular formula is C30H45N5O4. The van der Waals surface area contributed by atoms with Crippen molar-refractivity contribution >= 4 is 5.69 Å². The first-order valence-corrected chi connectivity index (χ1v) is 14.5. The summed E-state index contributed by atoms with van der Waals surface area (Å²) in [6, 6.07) is 8.76. The number of β-amino-alcohol motifs (C(OH)–C–C–N with tert-alkyl or cyclic N) is 1. The summed E-state index contributed by atoms with van der Waals surface area (Å²) in [6.45, 7) is 10.6. The molecule has 3 saturated heterocycles. The fourth-order valence-corrected chi connectivity index (χ4v) is 6.36. The smallest absolute Gasteiger partial charge is 0.0948 e. The predicted octanol–water partition coefficient (Wildman–Crippen LogP) is 2.25. The number of anilines is 1. The molecular weight excluding hydrogens is 494 g/mol. The van der Waals surface area contributed by atoms with E-state index in [1.165, 1.54) is 5.56 Å². The van der Waals surface area contributed by atoms with Crippen molar-refractivity contribution in [3.05, 3.63) is 52.6 Å². The Balaban J connectivity index is 1.22. The Morgan fingerprint density at radius 1 is 1.05 bits per heavy atom. The minimum atomic E-state index is -0.496. The fourth-order valence-electron chi connectivity index (χ4n) is 6.36. The lowest BCUT2D eigenvalue weighted by Crippen LogP contribution is -2.35. The summed E-state index contributed by atoms with van der Waals surface area (Å²) < 4.78 is 11.9. The third-order valence-electron chi connectivity index (χ3n) is 8.34. The average Bonchev–Trinajstić information content (AvgIpc) is 3.49. The van der Waals surface area contributed by atoms with Crippen LogP contribution in [0.1, 0.15) is 53.5 Å². The number of ether oxygens (including phenoxy) is 2. The van der Waals surface area contributed by atoms with Crippen molar-refractivity contribution in [2.24, 2.45) is 0 Å². The maximum absolute atomic E-state index is 10.3. The Hall–Kier alpha value is -2.14. The summed E-state index contributed by atoms with van der Waals surface area (Å²) in [7, 11) is 2.13. The molecule has 3 aliphatic rings. The van der Waals surface area contributed by atoms with Crippen molar-refractivity contribution in [3.8, 4) is 0 Å². The maximum atomic E-state index is 10.3. The van der Waals surface area contributed by atoms with Crippen molar-refractivity contribution in [1.29, 1.82) is 0 Å². The van der Waals surface area contributed by atoms with Crippen LogP contribution in [0.4, 0.5) is 5.69 Å². The molecule has 2 N–H and O–H groups in total. The predicted molar refractivity (Wildman–Crippen MR) is 151 cm³/mol. The Morgan fingerprint density at radius 3 is 2.67 bits per heavy atom. The van der Waals surface area contributed by atoms with Gasteiger partial charge in [-0.2, -0.15) is 0 Å². The number of aromatic nitrogens is 2. The molecule has 214 valence electrons. The van der Waals surface area contributed by atoms with E-state index in [-0.39, 0.29) is 18.8 Å². The molecule has 2 aromatic heterocycles. The van der Waals surface area contributed by atoms with Gasteiger partial charge in [0.15, 0.2) is 0 Å². The van der Waals surface area contributed by atoms with E-state index in [2.05, 4.69) is 46.9 Å². The van der Waals surface area contributed by atoms with Crippen molar-refractivity contribution in [2.75, 3.05) is 64.6 Å². The number of hydrogen-bond acceptors (Lipinski definition) is 9. The molecule has 0 aliphatic carbocycles. The normalized spacial score (nSPS) is 26.5. The second-order valence-electron chi connectivity index (χ2n) is 11.6. The Kier molecular flexibility index (Phi) is 9.48. The van der Waals surface area contributed by atoms with Crippen molar-refractivity contribution < 1.29 is 19.7 Å². The molecule has 5 heterocycles. The number of hydrogen-bond donors (Lipinski definition) is 2. The zero-order valence-electron chi connectivity index (χ0n) is 23.8. The van der Waals surface area contributed by atoms with Crippen LogP contribution in [-0.4, -0.2) is 108 Å². The van der Waals surface area contributed by atoms with Crippen LogP contribution in [0.3, 0.4) is 0 Å². The largest absolute Gasteiger partial charge is 0.395 e. The van der Waals surface area contributed by atoms with Gasteiger partial charge < -0.3 is 24.6 Å². The van der Waals surface area contributed by atoms with Crippen LogP contribution in [0.25, 0.3) is 0 Å². The molecule has 3 aliphatic heterocycles. The molecule has 9 heteroatoms. The van der Waals surface area contributed by atoms with Crippen molar-refractivity contribution in [2.45, 2.75) is 70.4 Å². The number of likely N-dealkylation sites (tertiary alicyclic amines) is 1. The molecule has 4 atom stereocenters. The topological polar surface area (TPSA) is 94.4 Å². The number of aryl methyl sites for hydroxylation is 2. The van der Waals surface area contributed by atoms with E-state index in [0.717, 1.165) is 73.9 Å². The van der Waals surface area contributed by atoms with Gasteiger partial charge in [0, 0.05) is 56.1 Å². The van der Waals surface area contributed by atoms with E-state index in [9.17, 15) is 10.2 Å². The maximum Gasteiger partial charge on any atom is 0.0948 e. The van der Waals surface area contributed by atoms with E-state index >= 15 is 0 Å². The van der Waals surface area contributed by atoms with Gasteiger partial charge in [-0.15, -0.1) is 0 Å². The lowest BCUT2D eigenvalue weighted by molar-refractivity contribution is 0.0597. The van der Waals surface area contributed by atoms with E-state index in [4.69, 9.17) is 19.4 Å². The number of pyridine rings is 2. The summed E-state index contributed by atoms with van der Waals surface area (Å²) >= 11 is 0. The highest BCUT2D eigenvalue weighted by Crippen LogP contribution is 2.33. The minimum absolute atomic E-state index is 0.146. The first-order chi connectivity index (χ1) is 18.9. The highest BCUT2D eigenvalue weighted by Gasteiger charge is 2.32. The highest BCUT2D eigenvalue weighted by atomic mass is 16.5. The van der Waals surface area contributed by atoms with E-state index in [1.54, 1.807) is 0 Å². The Bertz CT molecular complexity index is 1100. The van der Waals surface area contributed by atoms with E-state index < -0.39 is 6.10 Å². The highest BCUT2D eigenvalue weighted by molar-refractivity contribution is 5.51. The van der Waals surface area contributed by atoms with Crippen LogP contribution in [0.5, 0.6) is 0 Å². The number of rotatable bonds is 9. The van der Waals surface area contributed by atoms with Crippen LogP contribution < -0.4 is 4.90 Å². The molecule has 3 fully saturated rings. The van der Waals surface area contributed by atoms with Gasteiger partial charge >= 0.3 is 0 Å². The summed E-state index contributed by atoms with van der Waals surface area (Å²) in [5, 5.41) is 20.1. The zero-order chi connectivity index (χ0) is 27.4. The number of likely N-dealkylation sites (N-methyl/N-ethyl adjacent to an activating group) is 1. The quantitative estimate of drug-likeness (QED) is 0.498. The number of aliphatic hydroxyl groups is 2. The van der Waals surface area contributed by atoms with Gasteiger partial charge in [-0.05, 0) is 70.5 Å². The van der Waals surface area contributed by atoms with Crippen molar-refractivity contribution in [1.82, 2.24) is 19.8 Å². The molecule has 0 aromatic carbocycles. The number of aliphatic hydroxyl groups excluding tert-OH is 2. The third-order valence-corrected chi connectivity index (χ3v) is 8.34.